The highest BCUT2D eigenvalue weighted by Gasteiger charge is 2.34. The lowest BCUT2D eigenvalue weighted by molar-refractivity contribution is 0.193. The van der Waals surface area contributed by atoms with Crippen LogP contribution in [0.15, 0.2) is 24.5 Å². The summed E-state index contributed by atoms with van der Waals surface area (Å²) in [5.41, 5.74) is 3.48. The average Bonchev–Trinajstić information content (AvgIpc) is 3.05. The molecular weight excluding hydrogens is 284 g/mol. The molecule has 0 unspecified atom stereocenters. The van der Waals surface area contributed by atoms with Crippen LogP contribution in [0, 0.1) is 6.92 Å². The first-order valence-electron chi connectivity index (χ1n) is 7.44. The first-order valence-corrected chi connectivity index (χ1v) is 7.82. The van der Waals surface area contributed by atoms with Crippen LogP contribution in [-0.2, 0) is 7.05 Å². The molecule has 2 atom stereocenters. The highest BCUT2D eigenvalue weighted by atomic mass is 35.5. The van der Waals surface area contributed by atoms with Gasteiger partial charge >= 0.3 is 0 Å². The second-order valence-corrected chi connectivity index (χ2v) is 6.13. The predicted molar refractivity (Wildman–Crippen MR) is 84.3 cm³/mol. The molecule has 0 bridgehead atoms. The summed E-state index contributed by atoms with van der Waals surface area (Å²) in [6, 6.07) is 4.83. The molecule has 1 aliphatic heterocycles. The molecule has 0 radical (unpaired) electrons. The van der Waals surface area contributed by atoms with Crippen LogP contribution in [-0.4, -0.2) is 26.2 Å². The zero-order valence-electron chi connectivity index (χ0n) is 12.8. The van der Waals surface area contributed by atoms with Gasteiger partial charge < -0.3 is 0 Å². The summed E-state index contributed by atoms with van der Waals surface area (Å²) in [6.07, 6.45) is 6.11. The molecule has 4 nitrogen and oxygen atoms in total. The van der Waals surface area contributed by atoms with Crippen molar-refractivity contribution in [3.05, 3.63) is 46.5 Å². The Balaban J connectivity index is 1.92. The molecule has 5 heteroatoms. The summed E-state index contributed by atoms with van der Waals surface area (Å²) >= 11 is 6.47. The molecule has 112 valence electrons. The fourth-order valence-corrected chi connectivity index (χ4v) is 3.70. The number of halogens is 1. The van der Waals surface area contributed by atoms with Gasteiger partial charge in [-0.05, 0) is 44.9 Å². The van der Waals surface area contributed by atoms with Gasteiger partial charge in [0.1, 0.15) is 5.15 Å². The number of rotatable bonds is 3. The molecule has 21 heavy (non-hydrogen) atoms. The minimum atomic E-state index is 0.335. The van der Waals surface area contributed by atoms with Crippen molar-refractivity contribution in [2.75, 3.05) is 6.54 Å². The van der Waals surface area contributed by atoms with E-state index >= 15 is 0 Å². The minimum Gasteiger partial charge on any atom is -0.289 e. The molecule has 3 heterocycles. The summed E-state index contributed by atoms with van der Waals surface area (Å²) in [5, 5.41) is 5.23. The number of hydrogen-bond donors (Lipinski definition) is 0. The van der Waals surface area contributed by atoms with Crippen molar-refractivity contribution >= 4 is 11.6 Å². The highest BCUT2D eigenvalue weighted by molar-refractivity contribution is 6.30. The predicted octanol–water partition coefficient (Wildman–Crippen LogP) is 3.68. The van der Waals surface area contributed by atoms with Crippen LogP contribution in [0.5, 0.6) is 0 Å². The van der Waals surface area contributed by atoms with Gasteiger partial charge in [-0.1, -0.05) is 17.7 Å². The zero-order valence-corrected chi connectivity index (χ0v) is 13.5. The third kappa shape index (κ3) is 2.58. The van der Waals surface area contributed by atoms with Crippen molar-refractivity contribution in [1.82, 2.24) is 19.7 Å². The fourth-order valence-electron chi connectivity index (χ4n) is 3.40. The maximum atomic E-state index is 6.47. The topological polar surface area (TPSA) is 34.0 Å². The van der Waals surface area contributed by atoms with E-state index in [0.29, 0.717) is 12.1 Å². The van der Waals surface area contributed by atoms with Crippen LogP contribution in [0.1, 0.15) is 48.7 Å². The first kappa shape index (κ1) is 14.5. The second kappa shape index (κ2) is 5.78. The Kier molecular flexibility index (Phi) is 4.00. The van der Waals surface area contributed by atoms with Crippen LogP contribution in [0.3, 0.4) is 0 Å². The van der Waals surface area contributed by atoms with Gasteiger partial charge in [-0.15, -0.1) is 0 Å². The standard InChI is InChI=1S/C16H21ClN4/c1-11-15(16(17)20(3)19-11)14-7-5-9-21(14)12(2)13-6-4-8-18-10-13/h4,6,8,10,12,14H,5,7,9H2,1-3H3/t12-,14-/m0/s1. The molecule has 2 aromatic rings. The molecule has 1 saturated heterocycles. The van der Waals surface area contributed by atoms with Gasteiger partial charge in [0.15, 0.2) is 0 Å². The maximum Gasteiger partial charge on any atom is 0.131 e. The van der Waals surface area contributed by atoms with E-state index in [9.17, 15) is 0 Å². The SMILES string of the molecule is Cc1nn(C)c(Cl)c1[C@@H]1CCCN1[C@@H](C)c1cccnc1. The van der Waals surface area contributed by atoms with Crippen LogP contribution < -0.4 is 0 Å². The van der Waals surface area contributed by atoms with E-state index in [1.165, 1.54) is 17.5 Å². The normalized spacial score (nSPS) is 20.9. The van der Waals surface area contributed by atoms with E-state index in [1.807, 2.05) is 32.4 Å². The Labute approximate surface area is 130 Å². The number of hydrogen-bond acceptors (Lipinski definition) is 3. The van der Waals surface area contributed by atoms with E-state index in [2.05, 4.69) is 28.0 Å². The van der Waals surface area contributed by atoms with E-state index in [4.69, 9.17) is 11.6 Å². The lowest BCUT2D eigenvalue weighted by atomic mass is 10.0. The van der Waals surface area contributed by atoms with Crippen molar-refractivity contribution in [3.8, 4) is 0 Å². The van der Waals surface area contributed by atoms with Gasteiger partial charge in [0.05, 0.1) is 5.69 Å². The molecule has 0 amide bonds. The molecule has 3 rings (SSSR count). The zero-order chi connectivity index (χ0) is 15.0. The van der Waals surface area contributed by atoms with Crippen LogP contribution in [0.2, 0.25) is 5.15 Å². The Bertz CT molecular complexity index is 623. The minimum absolute atomic E-state index is 0.335. The molecule has 0 N–H and O–H groups in total. The van der Waals surface area contributed by atoms with Crippen LogP contribution in [0.4, 0.5) is 0 Å². The monoisotopic (exact) mass is 304 g/mol. The average molecular weight is 305 g/mol. The van der Waals surface area contributed by atoms with Crippen molar-refractivity contribution in [3.63, 3.8) is 0 Å². The Morgan fingerprint density at radius 1 is 1.43 bits per heavy atom. The summed E-state index contributed by atoms with van der Waals surface area (Å²) in [7, 11) is 1.91. The molecule has 0 aromatic carbocycles. The first-order chi connectivity index (χ1) is 10.1. The summed E-state index contributed by atoms with van der Waals surface area (Å²) in [4.78, 5) is 6.77. The number of aryl methyl sites for hydroxylation is 2. The van der Waals surface area contributed by atoms with Crippen molar-refractivity contribution < 1.29 is 0 Å². The van der Waals surface area contributed by atoms with Crippen LogP contribution in [0.25, 0.3) is 0 Å². The molecule has 0 saturated carbocycles. The van der Waals surface area contributed by atoms with E-state index in [0.717, 1.165) is 23.8 Å². The number of aromatic nitrogens is 3. The number of likely N-dealkylation sites (tertiary alicyclic amines) is 1. The lowest BCUT2D eigenvalue weighted by Gasteiger charge is -2.31. The Hall–Kier alpha value is -1.39. The Morgan fingerprint density at radius 2 is 2.24 bits per heavy atom. The van der Waals surface area contributed by atoms with Crippen molar-refractivity contribution in [2.24, 2.45) is 7.05 Å². The van der Waals surface area contributed by atoms with E-state index < -0.39 is 0 Å². The summed E-state index contributed by atoms with van der Waals surface area (Å²) < 4.78 is 1.78. The largest absolute Gasteiger partial charge is 0.289 e. The van der Waals surface area contributed by atoms with Gasteiger partial charge in [0, 0.05) is 37.1 Å². The fraction of sp³-hybridized carbons (Fsp3) is 0.500. The molecule has 0 aliphatic carbocycles. The molecule has 2 aromatic heterocycles. The smallest absolute Gasteiger partial charge is 0.131 e. The molecule has 1 fully saturated rings. The quantitative estimate of drug-likeness (QED) is 0.867. The number of nitrogens with zero attached hydrogens (tertiary/aromatic N) is 4. The highest BCUT2D eigenvalue weighted by Crippen LogP contribution is 2.41. The van der Waals surface area contributed by atoms with Gasteiger partial charge in [0.25, 0.3) is 0 Å². The van der Waals surface area contributed by atoms with E-state index in [-0.39, 0.29) is 0 Å². The van der Waals surface area contributed by atoms with Gasteiger partial charge in [-0.3, -0.25) is 14.6 Å². The van der Waals surface area contributed by atoms with Gasteiger partial charge in [-0.2, -0.15) is 5.10 Å². The van der Waals surface area contributed by atoms with Gasteiger partial charge in [0.2, 0.25) is 0 Å². The van der Waals surface area contributed by atoms with E-state index in [1.54, 1.807) is 4.68 Å². The molecular formula is C16H21ClN4. The summed E-state index contributed by atoms with van der Waals surface area (Å²) in [5.74, 6) is 0. The summed E-state index contributed by atoms with van der Waals surface area (Å²) in [6.45, 7) is 5.38. The van der Waals surface area contributed by atoms with Gasteiger partial charge in [-0.25, -0.2) is 0 Å². The van der Waals surface area contributed by atoms with Crippen LogP contribution >= 0.6 is 11.6 Å². The lowest BCUT2D eigenvalue weighted by Crippen LogP contribution is -2.27. The molecule has 0 spiro atoms. The maximum absolute atomic E-state index is 6.47. The third-order valence-electron chi connectivity index (χ3n) is 4.49. The number of pyridine rings is 1. The van der Waals surface area contributed by atoms with Crippen molar-refractivity contribution in [1.29, 1.82) is 0 Å². The van der Waals surface area contributed by atoms with Crippen molar-refractivity contribution in [2.45, 2.75) is 38.8 Å². The third-order valence-corrected chi connectivity index (χ3v) is 4.94. The second-order valence-electron chi connectivity index (χ2n) is 5.77. The molecule has 1 aliphatic rings. The Morgan fingerprint density at radius 3 is 2.86 bits per heavy atom.